The zero-order valence-electron chi connectivity index (χ0n) is 14.1. The highest BCUT2D eigenvalue weighted by atomic mass is 35.5. The Hall–Kier alpha value is -2.08. The Labute approximate surface area is 152 Å². The summed E-state index contributed by atoms with van der Waals surface area (Å²) in [5.41, 5.74) is 1.93. The average molecular weight is 364 g/mol. The minimum Gasteiger partial charge on any atom is -0.482 e. The van der Waals surface area contributed by atoms with Crippen molar-refractivity contribution in [3.05, 3.63) is 64.7 Å². The zero-order valence-corrected chi connectivity index (χ0v) is 14.8. The van der Waals surface area contributed by atoms with Crippen molar-refractivity contribution >= 4 is 17.6 Å². The third-order valence-electron chi connectivity index (χ3n) is 3.67. The molecule has 2 N–H and O–H groups in total. The zero-order chi connectivity index (χ0) is 18.1. The van der Waals surface area contributed by atoms with Gasteiger partial charge in [-0.1, -0.05) is 35.9 Å². The minimum absolute atomic E-state index is 0.0984. The summed E-state index contributed by atoms with van der Waals surface area (Å²) in [5.74, 6) is 0.213. The number of hydrogen-bond donors (Lipinski definition) is 2. The molecule has 0 aliphatic rings. The van der Waals surface area contributed by atoms with Gasteiger partial charge in [0.25, 0.3) is 0 Å². The van der Waals surface area contributed by atoms with Gasteiger partial charge in [0, 0.05) is 11.6 Å². The first-order valence-corrected chi connectivity index (χ1v) is 8.39. The Balaban J connectivity index is 1.70. The number of carbonyl (C=O) groups is 1. The van der Waals surface area contributed by atoms with E-state index >= 15 is 0 Å². The number of hydrogen-bond acceptors (Lipinski definition) is 5. The lowest BCUT2D eigenvalue weighted by Gasteiger charge is -2.12. The van der Waals surface area contributed by atoms with Crippen molar-refractivity contribution in [1.82, 2.24) is 5.32 Å². The third kappa shape index (κ3) is 6.74. The van der Waals surface area contributed by atoms with Crippen LogP contribution in [0.1, 0.15) is 17.2 Å². The highest BCUT2D eigenvalue weighted by Gasteiger charge is 2.07. The smallest absolute Gasteiger partial charge is 0.343 e. The van der Waals surface area contributed by atoms with Crippen LogP contribution in [0.15, 0.2) is 48.5 Å². The second kappa shape index (κ2) is 10.0. The summed E-state index contributed by atoms with van der Waals surface area (Å²) in [7, 11) is 1.32. The Bertz CT molecular complexity index is 675. The summed E-state index contributed by atoms with van der Waals surface area (Å²) in [4.78, 5) is 11.0. The largest absolute Gasteiger partial charge is 0.482 e. The van der Waals surface area contributed by atoms with Crippen LogP contribution >= 0.6 is 11.6 Å². The van der Waals surface area contributed by atoms with Crippen LogP contribution in [0.4, 0.5) is 0 Å². The minimum atomic E-state index is -0.590. The Morgan fingerprint density at radius 3 is 2.68 bits per heavy atom. The topological polar surface area (TPSA) is 67.8 Å². The second-order valence-electron chi connectivity index (χ2n) is 5.53. The highest BCUT2D eigenvalue weighted by Crippen LogP contribution is 2.17. The van der Waals surface area contributed by atoms with Gasteiger partial charge in [0.05, 0.1) is 13.2 Å². The Morgan fingerprint density at radius 2 is 2.00 bits per heavy atom. The van der Waals surface area contributed by atoms with Gasteiger partial charge in [0.2, 0.25) is 0 Å². The lowest BCUT2D eigenvalue weighted by Crippen LogP contribution is -2.23. The van der Waals surface area contributed by atoms with Gasteiger partial charge in [0.15, 0.2) is 6.61 Å². The fraction of sp³-hybridized carbons (Fsp3) is 0.316. The predicted molar refractivity (Wildman–Crippen MR) is 96.9 cm³/mol. The first-order valence-electron chi connectivity index (χ1n) is 8.01. The number of benzene rings is 2. The van der Waals surface area contributed by atoms with Crippen LogP contribution in [0, 0.1) is 0 Å². The van der Waals surface area contributed by atoms with E-state index < -0.39 is 12.1 Å². The van der Waals surface area contributed by atoms with Crippen molar-refractivity contribution < 1.29 is 19.4 Å². The van der Waals surface area contributed by atoms with Crippen LogP contribution in [0.3, 0.4) is 0 Å². The van der Waals surface area contributed by atoms with Crippen LogP contribution in [0.25, 0.3) is 0 Å². The molecule has 0 aromatic heterocycles. The molecular weight excluding hydrogens is 342 g/mol. The number of aliphatic hydroxyl groups is 1. The van der Waals surface area contributed by atoms with Gasteiger partial charge in [-0.2, -0.15) is 0 Å². The number of nitrogens with one attached hydrogen (secondary N) is 1. The van der Waals surface area contributed by atoms with Crippen LogP contribution in [0.2, 0.25) is 5.02 Å². The monoisotopic (exact) mass is 363 g/mol. The molecule has 0 fully saturated rings. The molecule has 0 heterocycles. The maximum atomic E-state index is 11.0. The average Bonchev–Trinajstić information content (AvgIpc) is 2.64. The molecule has 0 saturated heterocycles. The summed E-state index contributed by atoms with van der Waals surface area (Å²) in [6.07, 6.45) is 0.229. The fourth-order valence-corrected chi connectivity index (χ4v) is 2.46. The summed E-state index contributed by atoms with van der Waals surface area (Å²) < 4.78 is 9.81. The molecule has 0 aliphatic heterocycles. The standard InChI is InChI=1S/C19H22ClNO4/c1-24-19(23)13-25-17-7-5-14(6-8-17)9-10-21-12-18(22)15-3-2-4-16(20)11-15/h2-8,11,18,21-22H,9-10,12-13H2,1H3/t18-/m0/s1. The SMILES string of the molecule is COC(=O)COc1ccc(CCNC[C@H](O)c2cccc(Cl)c2)cc1. The molecule has 2 rings (SSSR count). The van der Waals surface area contributed by atoms with Gasteiger partial charge >= 0.3 is 5.97 Å². The molecule has 2 aromatic carbocycles. The van der Waals surface area contributed by atoms with Crippen LogP contribution in [-0.2, 0) is 16.0 Å². The molecule has 134 valence electrons. The number of halogens is 1. The maximum Gasteiger partial charge on any atom is 0.343 e. The molecule has 0 spiro atoms. The van der Waals surface area contributed by atoms with Crippen molar-refractivity contribution in [2.75, 3.05) is 26.8 Å². The molecule has 0 unspecified atom stereocenters. The molecule has 2 aromatic rings. The van der Waals surface area contributed by atoms with Crippen molar-refractivity contribution in [3.8, 4) is 5.75 Å². The molecule has 0 aliphatic carbocycles. The Kier molecular flexibility index (Phi) is 7.73. The third-order valence-corrected chi connectivity index (χ3v) is 3.90. The van der Waals surface area contributed by atoms with Gasteiger partial charge in [0.1, 0.15) is 5.75 Å². The second-order valence-corrected chi connectivity index (χ2v) is 5.97. The van der Waals surface area contributed by atoms with Gasteiger partial charge in [-0.3, -0.25) is 0 Å². The molecule has 1 atom stereocenters. The predicted octanol–water partition coefficient (Wildman–Crippen LogP) is 2.76. The summed E-state index contributed by atoms with van der Waals surface area (Å²) in [5, 5.41) is 14.0. The van der Waals surface area contributed by atoms with Gasteiger partial charge < -0.3 is 19.9 Å². The van der Waals surface area contributed by atoms with E-state index in [1.165, 1.54) is 7.11 Å². The lowest BCUT2D eigenvalue weighted by atomic mass is 10.1. The van der Waals surface area contributed by atoms with E-state index in [4.69, 9.17) is 16.3 Å². The van der Waals surface area contributed by atoms with E-state index in [2.05, 4.69) is 10.1 Å². The van der Waals surface area contributed by atoms with Crippen molar-refractivity contribution in [3.63, 3.8) is 0 Å². The van der Waals surface area contributed by atoms with E-state index in [1.807, 2.05) is 36.4 Å². The van der Waals surface area contributed by atoms with Crippen LogP contribution in [-0.4, -0.2) is 37.9 Å². The molecule has 25 heavy (non-hydrogen) atoms. The van der Waals surface area contributed by atoms with Crippen LogP contribution < -0.4 is 10.1 Å². The van der Waals surface area contributed by atoms with Gasteiger partial charge in [-0.05, 0) is 48.4 Å². The van der Waals surface area contributed by atoms with Crippen molar-refractivity contribution in [1.29, 1.82) is 0 Å². The number of aliphatic hydroxyl groups excluding tert-OH is 1. The molecule has 5 nitrogen and oxygen atoms in total. The number of rotatable bonds is 9. The van der Waals surface area contributed by atoms with E-state index in [-0.39, 0.29) is 6.61 Å². The number of ether oxygens (including phenoxy) is 2. The maximum absolute atomic E-state index is 11.0. The number of esters is 1. The quantitative estimate of drug-likeness (QED) is 0.529. The van der Waals surface area contributed by atoms with Gasteiger partial charge in [-0.25, -0.2) is 4.79 Å². The van der Waals surface area contributed by atoms with Crippen molar-refractivity contribution in [2.24, 2.45) is 0 Å². The summed E-state index contributed by atoms with van der Waals surface area (Å²) in [6.45, 7) is 1.10. The first kappa shape index (κ1) is 19.2. The van der Waals surface area contributed by atoms with Gasteiger partial charge in [-0.15, -0.1) is 0 Å². The molecule has 0 saturated carbocycles. The van der Waals surface area contributed by atoms with Crippen LogP contribution in [0.5, 0.6) is 5.75 Å². The van der Waals surface area contributed by atoms with Crippen molar-refractivity contribution in [2.45, 2.75) is 12.5 Å². The van der Waals surface area contributed by atoms with E-state index in [0.29, 0.717) is 17.3 Å². The normalized spacial score (nSPS) is 11.8. The van der Waals surface area contributed by atoms with E-state index in [9.17, 15) is 9.90 Å². The fourth-order valence-electron chi connectivity index (χ4n) is 2.26. The first-order chi connectivity index (χ1) is 12.1. The lowest BCUT2D eigenvalue weighted by molar-refractivity contribution is -0.142. The molecule has 6 heteroatoms. The molecule has 0 radical (unpaired) electrons. The Morgan fingerprint density at radius 1 is 1.24 bits per heavy atom. The van der Waals surface area contributed by atoms with E-state index in [0.717, 1.165) is 24.1 Å². The summed E-state index contributed by atoms with van der Waals surface area (Å²) in [6, 6.07) is 14.8. The molecule has 0 bridgehead atoms. The molecule has 0 amide bonds. The highest BCUT2D eigenvalue weighted by molar-refractivity contribution is 6.30. The molecular formula is C19H22ClNO4. The number of methoxy groups -OCH3 is 1. The summed E-state index contributed by atoms with van der Waals surface area (Å²) >= 11 is 5.92. The number of carbonyl (C=O) groups excluding carboxylic acids is 1. The van der Waals surface area contributed by atoms with E-state index in [1.54, 1.807) is 12.1 Å².